The molecule has 2 aromatic rings. The lowest BCUT2D eigenvalue weighted by Gasteiger charge is -2.31. The van der Waals surface area contributed by atoms with Gasteiger partial charge in [-0.25, -0.2) is 4.68 Å². The van der Waals surface area contributed by atoms with Gasteiger partial charge in [-0.2, -0.15) is 0 Å². The standard InChI is InChI=1S/C17H22ClN5OS/c1-22(14-5-3-2-4-6-14)15(24)11-25-17-21-20-16(23(17)19)12-7-9-13(18)10-8-12/h7-10,14H,2-6,11,19H2,1H3. The zero-order chi connectivity index (χ0) is 17.8. The molecule has 0 bridgehead atoms. The number of benzene rings is 1. The molecule has 1 amide bonds. The second kappa shape index (κ2) is 8.10. The summed E-state index contributed by atoms with van der Waals surface area (Å²) >= 11 is 7.22. The van der Waals surface area contributed by atoms with Gasteiger partial charge >= 0.3 is 0 Å². The van der Waals surface area contributed by atoms with Crippen molar-refractivity contribution in [2.75, 3.05) is 18.6 Å². The fourth-order valence-electron chi connectivity index (χ4n) is 3.07. The maximum absolute atomic E-state index is 12.4. The van der Waals surface area contributed by atoms with Crippen LogP contribution in [0, 0.1) is 0 Å². The number of hydrogen-bond donors (Lipinski definition) is 1. The predicted octanol–water partition coefficient (Wildman–Crippen LogP) is 3.20. The number of carbonyl (C=O) groups excluding carboxylic acids is 1. The van der Waals surface area contributed by atoms with Crippen molar-refractivity contribution in [3.05, 3.63) is 29.3 Å². The van der Waals surface area contributed by atoms with Crippen LogP contribution < -0.4 is 5.84 Å². The van der Waals surface area contributed by atoms with Gasteiger partial charge in [0.05, 0.1) is 5.75 Å². The average Bonchev–Trinajstić information content (AvgIpc) is 3.01. The summed E-state index contributed by atoms with van der Waals surface area (Å²) in [6.07, 6.45) is 5.88. The number of nitrogens with zero attached hydrogens (tertiary/aromatic N) is 4. The van der Waals surface area contributed by atoms with Crippen molar-refractivity contribution in [2.45, 2.75) is 43.3 Å². The fraction of sp³-hybridized carbons (Fsp3) is 0.471. The van der Waals surface area contributed by atoms with Crippen molar-refractivity contribution in [1.82, 2.24) is 19.8 Å². The summed E-state index contributed by atoms with van der Waals surface area (Å²) in [6.45, 7) is 0. The summed E-state index contributed by atoms with van der Waals surface area (Å²) in [6, 6.07) is 7.60. The van der Waals surface area contributed by atoms with E-state index in [1.54, 1.807) is 12.1 Å². The Labute approximate surface area is 156 Å². The van der Waals surface area contributed by atoms with Crippen molar-refractivity contribution in [3.8, 4) is 11.4 Å². The Hall–Kier alpha value is -1.73. The van der Waals surface area contributed by atoms with Crippen LogP contribution in [0.2, 0.25) is 5.02 Å². The molecule has 3 rings (SSSR count). The fourth-order valence-corrected chi connectivity index (χ4v) is 3.98. The van der Waals surface area contributed by atoms with E-state index in [1.165, 1.54) is 35.7 Å². The first-order valence-corrected chi connectivity index (χ1v) is 9.77. The zero-order valence-electron chi connectivity index (χ0n) is 14.2. The van der Waals surface area contributed by atoms with E-state index in [2.05, 4.69) is 10.2 Å². The van der Waals surface area contributed by atoms with E-state index in [0.717, 1.165) is 18.4 Å². The van der Waals surface area contributed by atoms with Gasteiger partial charge in [0, 0.05) is 23.7 Å². The number of nitrogens with two attached hydrogens (primary N) is 1. The minimum Gasteiger partial charge on any atom is -0.342 e. The van der Waals surface area contributed by atoms with Crippen molar-refractivity contribution in [2.24, 2.45) is 0 Å². The third kappa shape index (κ3) is 4.27. The van der Waals surface area contributed by atoms with Gasteiger partial charge in [-0.3, -0.25) is 4.79 Å². The van der Waals surface area contributed by atoms with Gasteiger partial charge in [0.2, 0.25) is 11.1 Å². The van der Waals surface area contributed by atoms with Crippen molar-refractivity contribution < 1.29 is 4.79 Å². The van der Waals surface area contributed by atoms with Crippen LogP contribution in [-0.4, -0.2) is 44.5 Å². The smallest absolute Gasteiger partial charge is 0.233 e. The van der Waals surface area contributed by atoms with Gasteiger partial charge in [-0.15, -0.1) is 10.2 Å². The SMILES string of the molecule is CN(C(=O)CSc1nnc(-c2ccc(Cl)cc2)n1N)C1CCCCC1. The second-order valence-electron chi connectivity index (χ2n) is 6.27. The number of aromatic nitrogens is 3. The molecule has 0 saturated heterocycles. The minimum absolute atomic E-state index is 0.105. The number of thioether (sulfide) groups is 1. The molecule has 2 N–H and O–H groups in total. The van der Waals surface area contributed by atoms with Crippen LogP contribution in [0.4, 0.5) is 0 Å². The summed E-state index contributed by atoms with van der Waals surface area (Å²) in [5.41, 5.74) is 0.830. The summed E-state index contributed by atoms with van der Waals surface area (Å²) in [5.74, 6) is 7.05. The maximum Gasteiger partial charge on any atom is 0.233 e. The molecule has 6 nitrogen and oxygen atoms in total. The Morgan fingerprint density at radius 1 is 1.28 bits per heavy atom. The van der Waals surface area contributed by atoms with Crippen LogP contribution in [0.3, 0.4) is 0 Å². The molecule has 134 valence electrons. The molecule has 0 radical (unpaired) electrons. The van der Waals surface area contributed by atoms with Crippen LogP contribution >= 0.6 is 23.4 Å². The van der Waals surface area contributed by atoms with Crippen molar-refractivity contribution >= 4 is 29.3 Å². The number of nitrogen functional groups attached to an aromatic ring is 1. The average molecular weight is 380 g/mol. The Bertz CT molecular complexity index is 727. The topological polar surface area (TPSA) is 77.0 Å². The highest BCUT2D eigenvalue weighted by molar-refractivity contribution is 7.99. The molecular formula is C17H22ClN5OS. The normalized spacial score (nSPS) is 15.3. The lowest BCUT2D eigenvalue weighted by Crippen LogP contribution is -2.39. The zero-order valence-corrected chi connectivity index (χ0v) is 15.8. The highest BCUT2D eigenvalue weighted by Gasteiger charge is 2.22. The summed E-state index contributed by atoms with van der Waals surface area (Å²) in [5, 5.41) is 9.41. The van der Waals surface area contributed by atoms with Crippen LogP contribution in [0.1, 0.15) is 32.1 Å². The Morgan fingerprint density at radius 2 is 1.96 bits per heavy atom. The molecule has 25 heavy (non-hydrogen) atoms. The number of hydrogen-bond acceptors (Lipinski definition) is 5. The van der Waals surface area contributed by atoms with Crippen LogP contribution in [0.15, 0.2) is 29.4 Å². The number of amides is 1. The minimum atomic E-state index is 0.105. The molecule has 1 aromatic heterocycles. The Kier molecular flexibility index (Phi) is 5.86. The summed E-state index contributed by atoms with van der Waals surface area (Å²) < 4.78 is 1.42. The molecule has 0 spiro atoms. The summed E-state index contributed by atoms with van der Waals surface area (Å²) in [4.78, 5) is 14.3. The van der Waals surface area contributed by atoms with E-state index < -0.39 is 0 Å². The van der Waals surface area contributed by atoms with Gasteiger partial charge in [0.25, 0.3) is 0 Å². The monoisotopic (exact) mass is 379 g/mol. The highest BCUT2D eigenvalue weighted by Crippen LogP contribution is 2.25. The molecule has 1 heterocycles. The third-order valence-electron chi connectivity index (χ3n) is 4.61. The molecule has 0 atom stereocenters. The van der Waals surface area contributed by atoms with Gasteiger partial charge in [-0.05, 0) is 37.1 Å². The van der Waals surface area contributed by atoms with Gasteiger partial charge < -0.3 is 10.7 Å². The summed E-state index contributed by atoms with van der Waals surface area (Å²) in [7, 11) is 1.89. The molecular weight excluding hydrogens is 358 g/mol. The molecule has 0 aliphatic heterocycles. The highest BCUT2D eigenvalue weighted by atomic mass is 35.5. The maximum atomic E-state index is 12.4. The van der Waals surface area contributed by atoms with E-state index in [9.17, 15) is 4.79 Å². The van der Waals surface area contributed by atoms with Gasteiger partial charge in [-0.1, -0.05) is 42.6 Å². The number of halogens is 1. The first kappa shape index (κ1) is 18.1. The van der Waals surface area contributed by atoms with Crippen molar-refractivity contribution in [1.29, 1.82) is 0 Å². The second-order valence-corrected chi connectivity index (χ2v) is 7.65. The third-order valence-corrected chi connectivity index (χ3v) is 5.79. The quantitative estimate of drug-likeness (QED) is 0.637. The molecule has 1 aromatic carbocycles. The first-order chi connectivity index (χ1) is 12.1. The number of carbonyl (C=O) groups is 1. The van der Waals surface area contributed by atoms with Crippen molar-refractivity contribution in [3.63, 3.8) is 0 Å². The molecule has 1 fully saturated rings. The van der Waals surface area contributed by atoms with E-state index in [-0.39, 0.29) is 5.91 Å². The largest absolute Gasteiger partial charge is 0.342 e. The lowest BCUT2D eigenvalue weighted by atomic mass is 9.94. The van der Waals surface area contributed by atoms with Gasteiger partial charge in [0.15, 0.2) is 5.82 Å². The number of rotatable bonds is 5. The Balaban J connectivity index is 1.61. The van der Waals surface area contributed by atoms with Crippen LogP contribution in [0.5, 0.6) is 0 Å². The molecule has 1 saturated carbocycles. The Morgan fingerprint density at radius 3 is 2.64 bits per heavy atom. The van der Waals surface area contributed by atoms with E-state index in [1.807, 2.05) is 24.1 Å². The lowest BCUT2D eigenvalue weighted by molar-refractivity contribution is -0.129. The van der Waals surface area contributed by atoms with E-state index in [4.69, 9.17) is 17.4 Å². The molecule has 1 aliphatic carbocycles. The van der Waals surface area contributed by atoms with Gasteiger partial charge in [0.1, 0.15) is 0 Å². The van der Waals surface area contributed by atoms with E-state index in [0.29, 0.717) is 27.8 Å². The predicted molar refractivity (Wildman–Crippen MR) is 101 cm³/mol. The van der Waals surface area contributed by atoms with E-state index >= 15 is 0 Å². The first-order valence-electron chi connectivity index (χ1n) is 8.41. The van der Waals surface area contributed by atoms with Crippen LogP contribution in [-0.2, 0) is 4.79 Å². The van der Waals surface area contributed by atoms with Crippen LogP contribution in [0.25, 0.3) is 11.4 Å². The molecule has 1 aliphatic rings. The molecule has 8 heteroatoms. The molecule has 0 unspecified atom stereocenters.